The Morgan fingerprint density at radius 3 is 2.64 bits per heavy atom. The van der Waals surface area contributed by atoms with E-state index in [0.29, 0.717) is 16.5 Å². The van der Waals surface area contributed by atoms with Gasteiger partial charge in [-0.25, -0.2) is 0 Å². The number of rotatable bonds is 4. The highest BCUT2D eigenvalue weighted by Gasteiger charge is 2.30. The molecule has 0 radical (unpaired) electrons. The molecule has 1 N–H and O–H groups in total. The second-order valence-electron chi connectivity index (χ2n) is 6.86. The van der Waals surface area contributed by atoms with Gasteiger partial charge in [-0.3, -0.25) is 9.69 Å². The lowest BCUT2D eigenvalue weighted by Gasteiger charge is -2.38. The minimum absolute atomic E-state index is 0. The topological polar surface area (TPSA) is 43.8 Å². The summed E-state index contributed by atoms with van der Waals surface area (Å²) in [6.45, 7) is 3.34. The lowest BCUT2D eigenvalue weighted by molar-refractivity contribution is -0.134. The second kappa shape index (κ2) is 9.43. The van der Waals surface area contributed by atoms with Crippen molar-refractivity contribution in [2.24, 2.45) is 0 Å². The van der Waals surface area contributed by atoms with E-state index >= 15 is 0 Å². The number of aliphatic hydroxyl groups excluding tert-OH is 1. The Morgan fingerprint density at radius 2 is 1.96 bits per heavy atom. The van der Waals surface area contributed by atoms with Crippen LogP contribution in [0.5, 0.6) is 0 Å². The Labute approximate surface area is 165 Å². The van der Waals surface area contributed by atoms with E-state index in [1.54, 1.807) is 12.1 Å². The zero-order valence-corrected chi connectivity index (χ0v) is 16.5. The molecule has 2 saturated heterocycles. The summed E-state index contributed by atoms with van der Waals surface area (Å²) in [7, 11) is 0. The molecule has 2 atom stereocenters. The van der Waals surface area contributed by atoms with E-state index in [0.717, 1.165) is 57.4 Å². The number of β-amino-alcohol motifs (C(OH)–C–C–N with tert-alkyl or cyclic N) is 1. The smallest absolute Gasteiger partial charge is 0.227 e. The molecule has 2 aliphatic rings. The Morgan fingerprint density at radius 1 is 1.16 bits per heavy atom. The van der Waals surface area contributed by atoms with E-state index in [9.17, 15) is 9.90 Å². The van der Waals surface area contributed by atoms with Gasteiger partial charge in [-0.1, -0.05) is 29.3 Å². The summed E-state index contributed by atoms with van der Waals surface area (Å²) < 4.78 is 0. The van der Waals surface area contributed by atoms with Gasteiger partial charge in [0.05, 0.1) is 22.6 Å². The minimum Gasteiger partial charge on any atom is -0.392 e. The second-order valence-corrected chi connectivity index (χ2v) is 7.68. The van der Waals surface area contributed by atoms with E-state index in [1.165, 1.54) is 0 Å². The van der Waals surface area contributed by atoms with Gasteiger partial charge in [-0.2, -0.15) is 0 Å². The molecule has 2 fully saturated rings. The van der Waals surface area contributed by atoms with Crippen LogP contribution in [0.1, 0.15) is 31.2 Å². The van der Waals surface area contributed by atoms with Crippen molar-refractivity contribution in [1.29, 1.82) is 0 Å². The van der Waals surface area contributed by atoms with Crippen LogP contribution in [-0.4, -0.2) is 59.1 Å². The third-order valence-electron chi connectivity index (χ3n) is 5.00. The Bertz CT molecular complexity index is 600. The lowest BCUT2D eigenvalue weighted by atomic mass is 10.00. The van der Waals surface area contributed by atoms with E-state index in [-0.39, 0.29) is 30.5 Å². The van der Waals surface area contributed by atoms with Crippen molar-refractivity contribution in [2.75, 3.05) is 26.2 Å². The molecule has 140 valence electrons. The van der Waals surface area contributed by atoms with Gasteiger partial charge in [0.25, 0.3) is 0 Å². The molecule has 0 saturated carbocycles. The van der Waals surface area contributed by atoms with Crippen LogP contribution in [-0.2, 0) is 11.2 Å². The predicted molar refractivity (Wildman–Crippen MR) is 104 cm³/mol. The first-order chi connectivity index (χ1) is 11.5. The Kier molecular flexibility index (Phi) is 7.84. The van der Waals surface area contributed by atoms with Crippen LogP contribution in [0, 0.1) is 0 Å². The van der Waals surface area contributed by atoms with Crippen LogP contribution in [0.3, 0.4) is 0 Å². The number of likely N-dealkylation sites (tertiary alicyclic amines) is 2. The molecule has 0 spiro atoms. The molecule has 7 heteroatoms. The molecule has 3 rings (SSSR count). The Hall–Kier alpha value is -0.520. The van der Waals surface area contributed by atoms with Crippen molar-refractivity contribution in [2.45, 2.75) is 44.2 Å². The van der Waals surface area contributed by atoms with Crippen LogP contribution in [0.2, 0.25) is 10.0 Å². The van der Waals surface area contributed by atoms with E-state index in [1.807, 2.05) is 11.0 Å². The first-order valence-electron chi connectivity index (χ1n) is 8.67. The van der Waals surface area contributed by atoms with E-state index in [4.69, 9.17) is 23.2 Å². The van der Waals surface area contributed by atoms with Crippen LogP contribution >= 0.6 is 35.6 Å². The van der Waals surface area contributed by atoms with E-state index < -0.39 is 0 Å². The fourth-order valence-corrected chi connectivity index (χ4v) is 4.04. The average Bonchev–Trinajstić information content (AvgIpc) is 2.96. The first kappa shape index (κ1) is 20.8. The zero-order chi connectivity index (χ0) is 17.1. The van der Waals surface area contributed by atoms with Gasteiger partial charge in [-0.05, 0) is 43.4 Å². The zero-order valence-electron chi connectivity index (χ0n) is 14.2. The number of hydrogen-bond acceptors (Lipinski definition) is 3. The first-order valence-corrected chi connectivity index (χ1v) is 9.42. The Balaban J connectivity index is 0.00000225. The molecule has 25 heavy (non-hydrogen) atoms. The van der Waals surface area contributed by atoms with Gasteiger partial charge >= 0.3 is 0 Å². The van der Waals surface area contributed by atoms with Crippen molar-refractivity contribution in [3.05, 3.63) is 33.8 Å². The van der Waals surface area contributed by atoms with Crippen molar-refractivity contribution in [1.82, 2.24) is 9.80 Å². The highest BCUT2D eigenvalue weighted by molar-refractivity contribution is 6.42. The maximum absolute atomic E-state index is 12.8. The number of nitrogens with zero attached hydrogens (tertiary/aromatic N) is 2. The highest BCUT2D eigenvalue weighted by atomic mass is 35.5. The van der Waals surface area contributed by atoms with Gasteiger partial charge < -0.3 is 10.0 Å². The summed E-state index contributed by atoms with van der Waals surface area (Å²) in [6, 6.07) is 5.63. The number of carbonyl (C=O) groups excluding carboxylic acids is 1. The van der Waals surface area contributed by atoms with E-state index in [2.05, 4.69) is 4.90 Å². The van der Waals surface area contributed by atoms with Crippen LogP contribution in [0.15, 0.2) is 18.2 Å². The fourth-order valence-electron chi connectivity index (χ4n) is 3.72. The predicted octanol–water partition coefficient (Wildman–Crippen LogP) is 3.41. The number of piperidine rings is 1. The van der Waals surface area contributed by atoms with Gasteiger partial charge in [-0.15, -0.1) is 12.4 Å². The molecular weight excluding hydrogens is 383 g/mol. The summed E-state index contributed by atoms with van der Waals surface area (Å²) >= 11 is 12.0. The number of hydrogen-bond donors (Lipinski definition) is 1. The van der Waals surface area contributed by atoms with Crippen LogP contribution in [0.25, 0.3) is 0 Å². The van der Waals surface area contributed by atoms with Gasteiger partial charge in [0, 0.05) is 32.2 Å². The fraction of sp³-hybridized carbons (Fsp3) is 0.611. The lowest BCUT2D eigenvalue weighted by Crippen LogP contribution is -2.49. The quantitative estimate of drug-likeness (QED) is 0.832. The standard InChI is InChI=1S/C18H24Cl2N2O2.ClH/c19-16-5-4-13(9-17(16)20)10-18(24)22-7-2-1-3-14(22)11-21-8-6-15(23)12-21;/h4-5,9,14-15,23H,1-3,6-8,10-12H2;1H. The van der Waals surface area contributed by atoms with Crippen molar-refractivity contribution in [3.8, 4) is 0 Å². The number of benzene rings is 1. The summed E-state index contributed by atoms with van der Waals surface area (Å²) in [5.74, 6) is 0.151. The maximum atomic E-state index is 12.8. The molecule has 0 aromatic heterocycles. The molecule has 2 unspecified atom stereocenters. The summed E-state index contributed by atoms with van der Waals surface area (Å²) in [6.07, 6.45) is 4.25. The largest absolute Gasteiger partial charge is 0.392 e. The normalized spacial score (nSPS) is 24.2. The molecule has 2 aliphatic heterocycles. The molecular formula is C18H25Cl3N2O2. The third kappa shape index (κ3) is 5.48. The SMILES string of the molecule is Cl.O=C(Cc1ccc(Cl)c(Cl)c1)N1CCCCC1CN1CCC(O)C1. The van der Waals surface area contributed by atoms with Crippen molar-refractivity contribution < 1.29 is 9.90 Å². The summed E-state index contributed by atoms with van der Waals surface area (Å²) in [5, 5.41) is 10.7. The summed E-state index contributed by atoms with van der Waals surface area (Å²) in [5.41, 5.74) is 0.898. The number of aliphatic hydroxyl groups is 1. The van der Waals surface area contributed by atoms with Crippen LogP contribution in [0.4, 0.5) is 0 Å². The van der Waals surface area contributed by atoms with Crippen LogP contribution < -0.4 is 0 Å². The molecule has 0 aliphatic carbocycles. The molecule has 0 bridgehead atoms. The molecule has 2 heterocycles. The number of halogens is 3. The highest BCUT2D eigenvalue weighted by Crippen LogP contribution is 2.25. The monoisotopic (exact) mass is 406 g/mol. The number of amides is 1. The third-order valence-corrected chi connectivity index (χ3v) is 5.74. The molecule has 1 aromatic carbocycles. The van der Waals surface area contributed by atoms with Gasteiger partial charge in [0.2, 0.25) is 5.91 Å². The van der Waals surface area contributed by atoms with Crippen molar-refractivity contribution >= 4 is 41.5 Å². The molecule has 4 nitrogen and oxygen atoms in total. The summed E-state index contributed by atoms with van der Waals surface area (Å²) in [4.78, 5) is 17.1. The van der Waals surface area contributed by atoms with Gasteiger partial charge in [0.1, 0.15) is 0 Å². The number of carbonyl (C=O) groups is 1. The van der Waals surface area contributed by atoms with Gasteiger partial charge in [0.15, 0.2) is 0 Å². The van der Waals surface area contributed by atoms with Crippen molar-refractivity contribution in [3.63, 3.8) is 0 Å². The minimum atomic E-state index is -0.214. The molecule has 1 aromatic rings. The molecule has 1 amide bonds. The average molecular weight is 408 g/mol. The maximum Gasteiger partial charge on any atom is 0.227 e.